The van der Waals surface area contributed by atoms with Crippen molar-refractivity contribution in [2.75, 3.05) is 45.8 Å². The maximum Gasteiger partial charge on any atom is 0.335 e. The van der Waals surface area contributed by atoms with Gasteiger partial charge < -0.3 is 15.1 Å². The second kappa shape index (κ2) is 13.5. The zero-order valence-corrected chi connectivity index (χ0v) is 25.1. The first kappa shape index (κ1) is 30.5. The Kier molecular flexibility index (Phi) is 9.60. The average molecular weight is 583 g/mol. The molecule has 8 heteroatoms. The molecule has 0 aromatic heterocycles. The van der Waals surface area contributed by atoms with E-state index in [1.54, 1.807) is 18.2 Å². The lowest BCUT2D eigenvalue weighted by atomic mass is 9.92. The maximum atomic E-state index is 13.7. The number of aromatic hydroxyl groups is 1. The standard InChI is InChI=1S/C35H42N4O4/c1-4-15-38-22-26(3)39(23-25(38)2)33(30-8-6-10-32(40)21-30)29-7-5-9-31(20-29)34(41)37-18-16-36(17-19-37)24-27-11-13-28(14-12-27)35(42)43/h4-14,20-21,25-26,33,40H,1,15-19,22-24H2,2-3H3,(H,42,43)/t25-,26-,33?/m1/s1. The van der Waals surface area contributed by atoms with Crippen molar-refractivity contribution in [2.24, 2.45) is 0 Å². The highest BCUT2D eigenvalue weighted by atomic mass is 16.4. The summed E-state index contributed by atoms with van der Waals surface area (Å²) in [6, 6.07) is 22.9. The first-order valence-corrected chi connectivity index (χ1v) is 15.1. The number of hydrogen-bond acceptors (Lipinski definition) is 6. The number of carbonyl (C=O) groups is 2. The van der Waals surface area contributed by atoms with Crippen LogP contribution in [-0.4, -0.2) is 99.6 Å². The average Bonchev–Trinajstić information content (AvgIpc) is 3.00. The minimum Gasteiger partial charge on any atom is -0.508 e. The molecule has 2 saturated heterocycles. The van der Waals surface area contributed by atoms with E-state index in [0.29, 0.717) is 24.7 Å². The number of piperazine rings is 2. The molecule has 0 spiro atoms. The minimum absolute atomic E-state index is 0.0270. The Bertz CT molecular complexity index is 1430. The third-order valence-corrected chi connectivity index (χ3v) is 8.76. The van der Waals surface area contributed by atoms with Gasteiger partial charge in [-0.3, -0.25) is 19.5 Å². The quantitative estimate of drug-likeness (QED) is 0.353. The number of phenols is 1. The van der Waals surface area contributed by atoms with Crippen LogP contribution in [0.4, 0.5) is 0 Å². The van der Waals surface area contributed by atoms with E-state index in [1.807, 2.05) is 53.4 Å². The van der Waals surface area contributed by atoms with Gasteiger partial charge in [-0.25, -0.2) is 4.79 Å². The maximum absolute atomic E-state index is 13.7. The molecule has 5 rings (SSSR count). The summed E-state index contributed by atoms with van der Waals surface area (Å²) in [6.45, 7) is 14.5. The smallest absolute Gasteiger partial charge is 0.335 e. The Morgan fingerprint density at radius 2 is 1.56 bits per heavy atom. The predicted octanol–water partition coefficient (Wildman–Crippen LogP) is 4.72. The number of carbonyl (C=O) groups excluding carboxylic acids is 1. The highest BCUT2D eigenvalue weighted by Gasteiger charge is 2.35. The van der Waals surface area contributed by atoms with Crippen molar-refractivity contribution in [2.45, 2.75) is 38.5 Å². The SMILES string of the molecule is C=CCN1C[C@@H](C)N(C(c2cccc(O)c2)c2cccc(C(=O)N3CCN(Cc4ccc(C(=O)O)cc4)CC3)c2)C[C@H]1C. The minimum atomic E-state index is -0.925. The molecule has 43 heavy (non-hydrogen) atoms. The van der Waals surface area contributed by atoms with Crippen LogP contribution in [0.3, 0.4) is 0 Å². The molecule has 0 radical (unpaired) electrons. The Hall–Kier alpha value is -3.98. The van der Waals surface area contributed by atoms with Crippen molar-refractivity contribution in [3.05, 3.63) is 113 Å². The van der Waals surface area contributed by atoms with Crippen LogP contribution >= 0.6 is 0 Å². The van der Waals surface area contributed by atoms with Gasteiger partial charge in [0.2, 0.25) is 0 Å². The van der Waals surface area contributed by atoms with Gasteiger partial charge in [-0.1, -0.05) is 42.5 Å². The molecule has 0 saturated carbocycles. The number of benzene rings is 3. The van der Waals surface area contributed by atoms with Crippen LogP contribution in [0.2, 0.25) is 0 Å². The summed E-state index contributed by atoms with van der Waals surface area (Å²) in [5.74, 6) is -0.665. The predicted molar refractivity (Wildman–Crippen MR) is 168 cm³/mol. The Morgan fingerprint density at radius 3 is 2.21 bits per heavy atom. The summed E-state index contributed by atoms with van der Waals surface area (Å²) in [6.07, 6.45) is 1.96. The van der Waals surface area contributed by atoms with Gasteiger partial charge in [-0.05, 0) is 66.9 Å². The molecule has 0 aliphatic carbocycles. The van der Waals surface area contributed by atoms with Crippen molar-refractivity contribution in [1.82, 2.24) is 19.6 Å². The zero-order chi connectivity index (χ0) is 30.5. The Labute approximate surface area is 254 Å². The van der Waals surface area contributed by atoms with Crippen molar-refractivity contribution >= 4 is 11.9 Å². The van der Waals surface area contributed by atoms with Gasteiger partial charge >= 0.3 is 5.97 Å². The fourth-order valence-electron chi connectivity index (χ4n) is 6.42. The lowest BCUT2D eigenvalue weighted by Crippen LogP contribution is -2.57. The van der Waals surface area contributed by atoms with Gasteiger partial charge in [0.15, 0.2) is 0 Å². The number of aromatic carboxylic acids is 1. The monoisotopic (exact) mass is 582 g/mol. The highest BCUT2D eigenvalue weighted by molar-refractivity contribution is 5.94. The van der Waals surface area contributed by atoms with Crippen LogP contribution < -0.4 is 0 Å². The molecule has 2 fully saturated rings. The molecule has 3 atom stereocenters. The molecule has 2 N–H and O–H groups in total. The largest absolute Gasteiger partial charge is 0.508 e. The van der Waals surface area contributed by atoms with Crippen LogP contribution in [0, 0.1) is 0 Å². The number of phenolic OH excluding ortho intramolecular Hbond substituents is 1. The number of carboxylic acids is 1. The molecular weight excluding hydrogens is 540 g/mol. The lowest BCUT2D eigenvalue weighted by molar-refractivity contribution is 0.0306. The van der Waals surface area contributed by atoms with E-state index in [2.05, 4.69) is 47.3 Å². The first-order valence-electron chi connectivity index (χ1n) is 15.1. The Balaban J connectivity index is 1.31. The fraction of sp³-hybridized carbons (Fsp3) is 0.371. The zero-order valence-electron chi connectivity index (χ0n) is 25.1. The first-order chi connectivity index (χ1) is 20.7. The van der Waals surface area contributed by atoms with Gasteiger partial charge in [-0.2, -0.15) is 0 Å². The normalized spacial score (nSPS) is 20.9. The van der Waals surface area contributed by atoms with E-state index in [9.17, 15) is 14.7 Å². The Morgan fingerprint density at radius 1 is 0.884 bits per heavy atom. The van der Waals surface area contributed by atoms with Crippen molar-refractivity contribution in [3.63, 3.8) is 0 Å². The van der Waals surface area contributed by atoms with Crippen LogP contribution in [0.25, 0.3) is 0 Å². The van der Waals surface area contributed by atoms with Gasteiger partial charge in [-0.15, -0.1) is 6.58 Å². The fourth-order valence-corrected chi connectivity index (χ4v) is 6.42. The van der Waals surface area contributed by atoms with E-state index in [1.165, 1.54) is 0 Å². The summed E-state index contributed by atoms with van der Waals surface area (Å²) in [5.41, 5.74) is 4.06. The van der Waals surface area contributed by atoms with E-state index in [4.69, 9.17) is 5.11 Å². The topological polar surface area (TPSA) is 87.6 Å². The molecule has 2 heterocycles. The number of nitrogens with zero attached hydrogens (tertiary/aromatic N) is 4. The van der Waals surface area contributed by atoms with Crippen LogP contribution in [0.5, 0.6) is 5.75 Å². The van der Waals surface area contributed by atoms with Gasteiger partial charge in [0.05, 0.1) is 11.6 Å². The van der Waals surface area contributed by atoms with Crippen molar-refractivity contribution < 1.29 is 19.8 Å². The number of carboxylic acid groups (broad SMARTS) is 1. The molecule has 2 aliphatic rings. The second-order valence-electron chi connectivity index (χ2n) is 11.8. The van der Waals surface area contributed by atoms with Gasteiger partial charge in [0.25, 0.3) is 5.91 Å². The van der Waals surface area contributed by atoms with Crippen molar-refractivity contribution in [1.29, 1.82) is 0 Å². The van der Waals surface area contributed by atoms with Gasteiger partial charge in [0.1, 0.15) is 5.75 Å². The van der Waals surface area contributed by atoms with Crippen LogP contribution in [0.15, 0.2) is 85.5 Å². The molecular formula is C35H42N4O4. The summed E-state index contributed by atoms with van der Waals surface area (Å²) in [5, 5.41) is 19.5. The van der Waals surface area contributed by atoms with Gasteiger partial charge in [0, 0.05) is 70.0 Å². The van der Waals surface area contributed by atoms with Crippen LogP contribution in [-0.2, 0) is 6.54 Å². The summed E-state index contributed by atoms with van der Waals surface area (Å²) >= 11 is 0. The molecule has 1 amide bonds. The molecule has 3 aromatic carbocycles. The number of rotatable bonds is 9. The third-order valence-electron chi connectivity index (χ3n) is 8.76. The van der Waals surface area contributed by atoms with E-state index >= 15 is 0 Å². The molecule has 1 unspecified atom stereocenters. The third kappa shape index (κ3) is 7.16. The molecule has 0 bridgehead atoms. The lowest BCUT2D eigenvalue weighted by Gasteiger charge is -2.47. The summed E-state index contributed by atoms with van der Waals surface area (Å²) in [7, 11) is 0. The molecule has 3 aromatic rings. The summed E-state index contributed by atoms with van der Waals surface area (Å²) in [4.78, 5) is 34.0. The van der Waals surface area contributed by atoms with Crippen molar-refractivity contribution in [3.8, 4) is 5.75 Å². The number of hydrogen-bond donors (Lipinski definition) is 2. The molecule has 226 valence electrons. The summed E-state index contributed by atoms with van der Waals surface area (Å²) < 4.78 is 0. The highest BCUT2D eigenvalue weighted by Crippen LogP contribution is 2.35. The number of amides is 1. The van der Waals surface area contributed by atoms with Crippen LogP contribution in [0.1, 0.15) is 57.3 Å². The molecule has 8 nitrogen and oxygen atoms in total. The van der Waals surface area contributed by atoms with E-state index < -0.39 is 5.97 Å². The van der Waals surface area contributed by atoms with E-state index in [-0.39, 0.29) is 29.3 Å². The molecule has 2 aliphatic heterocycles. The second-order valence-corrected chi connectivity index (χ2v) is 11.8. The van der Waals surface area contributed by atoms with E-state index in [0.717, 1.165) is 56.0 Å².